The Labute approximate surface area is 177 Å². The van der Waals surface area contributed by atoms with Gasteiger partial charge in [0.2, 0.25) is 10.0 Å². The lowest BCUT2D eigenvalue weighted by atomic mass is 9.92. The van der Waals surface area contributed by atoms with Gasteiger partial charge in [-0.25, -0.2) is 17.2 Å². The van der Waals surface area contributed by atoms with E-state index in [2.05, 4.69) is 0 Å². The number of halogens is 2. The van der Waals surface area contributed by atoms with Crippen molar-refractivity contribution >= 4 is 21.4 Å². The molecule has 5 nitrogen and oxygen atoms in total. The van der Waals surface area contributed by atoms with Gasteiger partial charge in [-0.2, -0.15) is 4.31 Å². The van der Waals surface area contributed by atoms with Crippen molar-refractivity contribution in [2.75, 3.05) is 20.8 Å². The van der Waals surface area contributed by atoms with Gasteiger partial charge in [-0.05, 0) is 59.3 Å². The summed E-state index contributed by atoms with van der Waals surface area (Å²) in [5, 5.41) is 1.87. The molecule has 0 saturated heterocycles. The zero-order valence-electron chi connectivity index (χ0n) is 16.3. The largest absolute Gasteiger partial charge is 0.493 e. The lowest BCUT2D eigenvalue weighted by Gasteiger charge is -2.36. The summed E-state index contributed by atoms with van der Waals surface area (Å²) in [5.74, 6) is -1.24. The van der Waals surface area contributed by atoms with Crippen molar-refractivity contribution in [1.82, 2.24) is 4.31 Å². The molecule has 3 aromatic rings. The molecule has 0 fully saturated rings. The summed E-state index contributed by atoms with van der Waals surface area (Å²) in [6.07, 6.45) is 0.445. The Kier molecular flexibility index (Phi) is 5.52. The van der Waals surface area contributed by atoms with Gasteiger partial charge in [-0.15, -0.1) is 11.3 Å². The minimum atomic E-state index is -4.09. The van der Waals surface area contributed by atoms with Gasteiger partial charge < -0.3 is 9.47 Å². The molecule has 0 N–H and O–H groups in total. The van der Waals surface area contributed by atoms with E-state index in [1.54, 1.807) is 13.2 Å². The van der Waals surface area contributed by atoms with E-state index in [4.69, 9.17) is 9.47 Å². The SMILES string of the molecule is COc1cc2c(cc1OC)[C@@H](c1cccs1)N(S(=O)(=O)c1ccc(F)c(F)c1)CC2. The third kappa shape index (κ3) is 3.46. The van der Waals surface area contributed by atoms with Crippen molar-refractivity contribution in [3.8, 4) is 11.5 Å². The van der Waals surface area contributed by atoms with Gasteiger partial charge in [0, 0.05) is 11.4 Å². The first-order valence-corrected chi connectivity index (χ1v) is 11.4. The van der Waals surface area contributed by atoms with Crippen LogP contribution in [0.1, 0.15) is 22.0 Å². The maximum absolute atomic E-state index is 13.8. The van der Waals surface area contributed by atoms with Crippen molar-refractivity contribution in [1.29, 1.82) is 0 Å². The molecule has 1 aromatic heterocycles. The maximum Gasteiger partial charge on any atom is 0.244 e. The summed E-state index contributed by atoms with van der Waals surface area (Å²) >= 11 is 1.42. The second kappa shape index (κ2) is 7.98. The number of benzene rings is 2. The number of fused-ring (bicyclic) bond motifs is 1. The van der Waals surface area contributed by atoms with Crippen LogP contribution in [0.25, 0.3) is 0 Å². The number of thiophene rings is 1. The highest BCUT2D eigenvalue weighted by molar-refractivity contribution is 7.89. The molecule has 0 spiro atoms. The first-order valence-electron chi connectivity index (χ1n) is 9.12. The molecule has 158 valence electrons. The van der Waals surface area contributed by atoms with Crippen LogP contribution in [0.2, 0.25) is 0 Å². The molecule has 0 bridgehead atoms. The molecule has 4 rings (SSSR count). The second-order valence-corrected chi connectivity index (χ2v) is 9.64. The molecule has 0 radical (unpaired) electrons. The van der Waals surface area contributed by atoms with Gasteiger partial charge in [-0.1, -0.05) is 6.07 Å². The van der Waals surface area contributed by atoms with E-state index in [1.807, 2.05) is 23.6 Å². The predicted molar refractivity (Wildman–Crippen MR) is 110 cm³/mol. The van der Waals surface area contributed by atoms with Crippen LogP contribution >= 0.6 is 11.3 Å². The first kappa shape index (κ1) is 20.8. The Balaban J connectivity index is 1.88. The maximum atomic E-state index is 13.8. The summed E-state index contributed by atoms with van der Waals surface area (Å²) in [4.78, 5) is 0.529. The molecule has 0 amide bonds. The van der Waals surface area contributed by atoms with Crippen molar-refractivity contribution in [2.24, 2.45) is 0 Å². The Hall–Kier alpha value is -2.49. The molecule has 0 unspecified atom stereocenters. The molecule has 9 heteroatoms. The molecule has 1 aliphatic heterocycles. The number of methoxy groups -OCH3 is 2. The number of nitrogens with zero attached hydrogens (tertiary/aromatic N) is 1. The molecule has 0 saturated carbocycles. The summed E-state index contributed by atoms with van der Waals surface area (Å²) in [7, 11) is -1.03. The zero-order valence-corrected chi connectivity index (χ0v) is 17.9. The van der Waals surface area contributed by atoms with Crippen molar-refractivity contribution in [3.63, 3.8) is 0 Å². The van der Waals surface area contributed by atoms with Gasteiger partial charge >= 0.3 is 0 Å². The average molecular weight is 452 g/mol. The quantitative estimate of drug-likeness (QED) is 0.578. The van der Waals surface area contributed by atoms with Gasteiger partial charge in [-0.3, -0.25) is 0 Å². The molecule has 1 aliphatic rings. The Morgan fingerprint density at radius 2 is 1.77 bits per heavy atom. The molecule has 2 heterocycles. The molecular weight excluding hydrogens is 432 g/mol. The van der Waals surface area contributed by atoms with E-state index >= 15 is 0 Å². The fourth-order valence-electron chi connectivity index (χ4n) is 3.70. The Morgan fingerprint density at radius 1 is 1.03 bits per heavy atom. The monoisotopic (exact) mass is 451 g/mol. The summed E-state index contributed by atoms with van der Waals surface area (Å²) in [6.45, 7) is 0.187. The zero-order chi connectivity index (χ0) is 21.5. The third-order valence-corrected chi connectivity index (χ3v) is 7.93. The molecular formula is C21H19F2NO4S2. The van der Waals surface area contributed by atoms with E-state index < -0.39 is 27.7 Å². The lowest BCUT2D eigenvalue weighted by molar-refractivity contribution is 0.334. The predicted octanol–water partition coefficient (Wildman–Crippen LogP) is 4.38. The van der Waals surface area contributed by atoms with E-state index in [1.165, 1.54) is 22.8 Å². The van der Waals surface area contributed by atoms with Crippen LogP contribution < -0.4 is 9.47 Å². The highest BCUT2D eigenvalue weighted by Gasteiger charge is 2.39. The van der Waals surface area contributed by atoms with Crippen molar-refractivity contribution < 1.29 is 26.7 Å². The van der Waals surface area contributed by atoms with Crippen LogP contribution in [0.4, 0.5) is 8.78 Å². The highest BCUT2D eigenvalue weighted by Crippen LogP contribution is 2.44. The van der Waals surface area contributed by atoms with Gasteiger partial charge in [0.05, 0.1) is 25.2 Å². The van der Waals surface area contributed by atoms with Crippen LogP contribution in [0.3, 0.4) is 0 Å². The number of ether oxygens (including phenoxy) is 2. The summed E-state index contributed by atoms with van der Waals surface area (Å²) in [5.41, 5.74) is 1.72. The minimum absolute atomic E-state index is 0.187. The normalized spacial score (nSPS) is 16.9. The third-order valence-electron chi connectivity index (χ3n) is 5.14. The van der Waals surface area contributed by atoms with Crippen LogP contribution in [-0.2, 0) is 16.4 Å². The average Bonchev–Trinajstić information content (AvgIpc) is 3.28. The Bertz CT molecular complexity index is 1180. The van der Waals surface area contributed by atoms with Crippen molar-refractivity contribution in [2.45, 2.75) is 17.4 Å². The topological polar surface area (TPSA) is 55.8 Å². The number of rotatable bonds is 5. The molecule has 30 heavy (non-hydrogen) atoms. The number of hydrogen-bond acceptors (Lipinski definition) is 5. The van der Waals surface area contributed by atoms with E-state index in [-0.39, 0.29) is 11.4 Å². The van der Waals surface area contributed by atoms with Gasteiger partial charge in [0.1, 0.15) is 0 Å². The summed E-state index contributed by atoms with van der Waals surface area (Å²) in [6, 6.07) is 9.36. The van der Waals surface area contributed by atoms with E-state index in [9.17, 15) is 17.2 Å². The smallest absolute Gasteiger partial charge is 0.244 e. The standard InChI is InChI=1S/C21H19F2NO4S2/c1-27-18-10-13-7-8-24(30(25,26)14-5-6-16(22)17(23)11-14)21(20-4-3-9-29-20)15(13)12-19(18)28-2/h3-6,9-12,21H,7-8H2,1-2H3/t21-/m0/s1. The summed E-state index contributed by atoms with van der Waals surface area (Å²) < 4.78 is 66.2. The molecule has 1 atom stereocenters. The van der Waals surface area contributed by atoms with Gasteiger partial charge in [0.15, 0.2) is 23.1 Å². The van der Waals surface area contributed by atoms with E-state index in [0.717, 1.165) is 34.2 Å². The van der Waals surface area contributed by atoms with Crippen LogP contribution in [0.15, 0.2) is 52.7 Å². The molecule has 2 aromatic carbocycles. The Morgan fingerprint density at radius 3 is 2.40 bits per heavy atom. The van der Waals surface area contributed by atoms with Gasteiger partial charge in [0.25, 0.3) is 0 Å². The fraction of sp³-hybridized carbons (Fsp3) is 0.238. The number of hydrogen-bond donors (Lipinski definition) is 0. The fourth-order valence-corrected chi connectivity index (χ4v) is 6.22. The minimum Gasteiger partial charge on any atom is -0.493 e. The first-order chi connectivity index (χ1) is 14.4. The number of sulfonamides is 1. The second-order valence-electron chi connectivity index (χ2n) is 6.77. The van der Waals surface area contributed by atoms with Crippen LogP contribution in [-0.4, -0.2) is 33.5 Å². The van der Waals surface area contributed by atoms with Crippen LogP contribution in [0.5, 0.6) is 11.5 Å². The lowest BCUT2D eigenvalue weighted by Crippen LogP contribution is -2.40. The molecule has 0 aliphatic carbocycles. The highest BCUT2D eigenvalue weighted by atomic mass is 32.2. The van der Waals surface area contributed by atoms with Crippen LogP contribution in [0, 0.1) is 11.6 Å². The van der Waals surface area contributed by atoms with E-state index in [0.29, 0.717) is 17.9 Å². The van der Waals surface area contributed by atoms with Crippen molar-refractivity contribution in [3.05, 3.63) is 75.5 Å².